The molecule has 0 saturated carbocycles. The van der Waals surface area contributed by atoms with E-state index in [1.165, 1.54) is 19.1 Å². The van der Waals surface area contributed by atoms with Gasteiger partial charge in [-0.05, 0) is 48.8 Å². The topological polar surface area (TPSA) is 413 Å². The Kier molecular flexibility index (Phi) is 20.8. The number of carbonyl (C=O) groups is 10. The van der Waals surface area contributed by atoms with Gasteiger partial charge in [-0.3, -0.25) is 52.2 Å². The third kappa shape index (κ3) is 14.8. The van der Waals surface area contributed by atoms with E-state index in [2.05, 4.69) is 63.4 Å². The fraction of sp³-hybridized carbons (Fsp3) is 0.625. The standard InChI is InChI=1S/C48H69BrN12O15S/c1-4-22(2)38-45(73)53-17-36(68)54-30-21-77(76)47-27(26-5-6-32(64)41(40(26)59-47)60-11-8-24(9-12-60)7-10-51-35(67)16-49)14-28(42(70)52-18-37(69)57-38)55-46(74)39(23(3)33(65)20-62)58-44(72)31-13-25(63)19-61(31)48(75)29(15-34(50)66)56-43(30)71/h5-6,22-25,28-31,33,38-39,59,62-65H,4,7-21H2,1-3H3,(H2,50,66)(H,51,67)(H,52,70)(H,53,73)(H,54,68)(H,55,74)(H,56,71)(H,57,69)(H,58,72)/t22-,23+,25+,28+,29-,30+,31-,33+,38-,39-,77?/m0/s1. The van der Waals surface area contributed by atoms with Gasteiger partial charge in [-0.2, -0.15) is 0 Å². The molecule has 5 heterocycles. The Morgan fingerprint density at radius 3 is 2.21 bits per heavy atom. The van der Waals surface area contributed by atoms with Gasteiger partial charge >= 0.3 is 0 Å². The number of nitrogens with one attached hydrogen (secondary N) is 9. The minimum Gasteiger partial charge on any atom is -0.506 e. The van der Waals surface area contributed by atoms with E-state index in [0.29, 0.717) is 45.3 Å². The fourth-order valence-corrected chi connectivity index (χ4v) is 11.6. The van der Waals surface area contributed by atoms with Gasteiger partial charge in [-0.25, -0.2) is 0 Å². The summed E-state index contributed by atoms with van der Waals surface area (Å²) in [5.41, 5.74) is 6.10. The maximum absolute atomic E-state index is 15.2. The summed E-state index contributed by atoms with van der Waals surface area (Å²) in [5, 5.41) is 63.8. The summed E-state index contributed by atoms with van der Waals surface area (Å²) in [4.78, 5) is 144. The molecule has 0 spiro atoms. The molecule has 6 rings (SSSR count). The lowest BCUT2D eigenvalue weighted by molar-refractivity contribution is -0.144. The molecule has 15 N–H and O–H groups in total. The van der Waals surface area contributed by atoms with E-state index < -0.39 is 176 Å². The van der Waals surface area contributed by atoms with Crippen molar-refractivity contribution in [2.75, 3.05) is 61.9 Å². The molecule has 0 radical (unpaired) electrons. The zero-order valence-electron chi connectivity index (χ0n) is 42.9. The molecule has 0 aliphatic carbocycles. The summed E-state index contributed by atoms with van der Waals surface area (Å²) in [6.45, 7) is 2.96. The van der Waals surface area contributed by atoms with Gasteiger partial charge in [0.05, 0.1) is 65.7 Å². The van der Waals surface area contributed by atoms with Gasteiger partial charge < -0.3 is 83.5 Å². The number of hydrogen-bond acceptors (Lipinski definition) is 16. The molecule has 4 aliphatic rings. The number of fused-ring (bicyclic) bond motifs is 5. The van der Waals surface area contributed by atoms with Crippen LogP contribution in [0.1, 0.15) is 64.9 Å². The molecule has 2 saturated heterocycles. The molecule has 1 aromatic carbocycles. The number of aromatic amines is 1. The Morgan fingerprint density at radius 2 is 1.56 bits per heavy atom. The number of primary amides is 1. The summed E-state index contributed by atoms with van der Waals surface area (Å²) < 4.78 is 15.2. The summed E-state index contributed by atoms with van der Waals surface area (Å²) in [6.07, 6.45) is -2.59. The quantitative estimate of drug-likeness (QED) is 0.0887. The van der Waals surface area contributed by atoms with Crippen LogP contribution in [0.4, 0.5) is 5.69 Å². The number of aromatic nitrogens is 1. The van der Waals surface area contributed by atoms with Gasteiger partial charge in [-0.1, -0.05) is 43.1 Å². The number of hydrogen-bond donors (Lipinski definition) is 14. The van der Waals surface area contributed by atoms with Crippen LogP contribution >= 0.6 is 15.9 Å². The predicted molar refractivity (Wildman–Crippen MR) is 279 cm³/mol. The van der Waals surface area contributed by atoms with Gasteiger partial charge in [0.1, 0.15) is 52.7 Å². The van der Waals surface area contributed by atoms with Crippen LogP contribution in [0.15, 0.2) is 17.2 Å². The number of aromatic hydroxyl groups is 1. The van der Waals surface area contributed by atoms with Crippen molar-refractivity contribution >= 4 is 102 Å². The first-order chi connectivity index (χ1) is 36.5. The number of amides is 10. The Hall–Kier alpha value is -6.43. The molecule has 11 atom stereocenters. The predicted octanol–water partition coefficient (Wildman–Crippen LogP) is -4.80. The van der Waals surface area contributed by atoms with Gasteiger partial charge in [0, 0.05) is 50.3 Å². The molecular formula is C48H69BrN12O15S. The Labute approximate surface area is 453 Å². The lowest BCUT2D eigenvalue weighted by Crippen LogP contribution is -2.62. The molecule has 2 aromatic rings. The number of alkyl halides is 1. The second-order valence-corrected chi connectivity index (χ2v) is 22.0. The number of nitrogens with two attached hydrogens (primary N) is 1. The van der Waals surface area contributed by atoms with E-state index >= 15 is 4.21 Å². The number of aliphatic hydroxyl groups excluding tert-OH is 3. The lowest BCUT2D eigenvalue weighted by atomic mass is 9.93. The second kappa shape index (κ2) is 26.8. The molecule has 29 heteroatoms. The molecule has 2 bridgehead atoms. The fourth-order valence-electron chi connectivity index (χ4n) is 9.98. The van der Waals surface area contributed by atoms with E-state index in [4.69, 9.17) is 5.73 Å². The Morgan fingerprint density at radius 1 is 0.883 bits per heavy atom. The molecule has 1 unspecified atom stereocenters. The monoisotopic (exact) mass is 1160 g/mol. The van der Waals surface area contributed by atoms with Crippen molar-refractivity contribution in [2.45, 2.75) is 119 Å². The lowest BCUT2D eigenvalue weighted by Gasteiger charge is -2.34. The van der Waals surface area contributed by atoms with Crippen molar-refractivity contribution in [2.24, 2.45) is 23.5 Å². The molecule has 424 valence electrons. The van der Waals surface area contributed by atoms with E-state index in [9.17, 15) is 68.4 Å². The third-order valence-corrected chi connectivity index (χ3v) is 16.6. The number of nitrogens with zero attached hydrogens (tertiary/aromatic N) is 2. The van der Waals surface area contributed by atoms with Crippen molar-refractivity contribution in [3.8, 4) is 5.75 Å². The first-order valence-electron chi connectivity index (χ1n) is 25.5. The van der Waals surface area contributed by atoms with Crippen LogP contribution in [0.3, 0.4) is 0 Å². The SMILES string of the molecule is CC[C@H](C)[C@@H]1NC(=O)CNC(=O)[C@H]2Cc3c([nH]c4c(N5CCC(CCNC(=O)CBr)CC5)c(O)ccc34)S(=O)C[C@@H](NC(=O)CNC1=O)C(=O)N[C@@H](CC(N)=O)C(=O)N1C[C@H](O)C[C@H]1C(=O)N[C@@H]([C@H](C)[C@H](O)CO)C(=O)N2. The first kappa shape index (κ1) is 59.8. The number of phenolic OH excluding ortho intramolecular Hbond substituents is 1. The number of rotatable bonds is 12. The Bertz CT molecular complexity index is 2620. The van der Waals surface area contributed by atoms with Crippen molar-refractivity contribution in [3.63, 3.8) is 0 Å². The van der Waals surface area contributed by atoms with E-state index in [-0.39, 0.29) is 50.1 Å². The van der Waals surface area contributed by atoms with Crippen LogP contribution in [0.5, 0.6) is 5.75 Å². The van der Waals surface area contributed by atoms with Crippen LogP contribution < -0.4 is 53.2 Å². The maximum Gasteiger partial charge on any atom is 0.246 e. The zero-order chi connectivity index (χ0) is 56.4. The van der Waals surface area contributed by atoms with Gasteiger partial charge in [0.25, 0.3) is 0 Å². The number of aliphatic hydroxyl groups is 3. The average Bonchev–Trinajstić information content (AvgIpc) is 3.98. The molecule has 4 aliphatic heterocycles. The average molecular weight is 1170 g/mol. The number of piperidine rings is 1. The smallest absolute Gasteiger partial charge is 0.246 e. The van der Waals surface area contributed by atoms with Crippen LogP contribution in [-0.2, 0) is 65.2 Å². The summed E-state index contributed by atoms with van der Waals surface area (Å²) in [6, 6.07) is -7.33. The van der Waals surface area contributed by atoms with Crippen molar-refractivity contribution < 1.29 is 72.6 Å². The number of phenols is 1. The van der Waals surface area contributed by atoms with Crippen LogP contribution in [-0.4, -0.2) is 199 Å². The van der Waals surface area contributed by atoms with Crippen molar-refractivity contribution in [1.29, 1.82) is 0 Å². The highest BCUT2D eigenvalue weighted by atomic mass is 79.9. The van der Waals surface area contributed by atoms with Gasteiger partial charge in [0.15, 0.2) is 0 Å². The van der Waals surface area contributed by atoms with Crippen LogP contribution in [0, 0.1) is 17.8 Å². The van der Waals surface area contributed by atoms with Gasteiger partial charge in [0.2, 0.25) is 59.1 Å². The third-order valence-electron chi connectivity index (χ3n) is 14.6. The number of benzene rings is 1. The summed E-state index contributed by atoms with van der Waals surface area (Å²) in [5.74, 6) is -12.2. The van der Waals surface area contributed by atoms with Crippen LogP contribution in [0.25, 0.3) is 10.9 Å². The highest BCUT2D eigenvalue weighted by Crippen LogP contribution is 2.41. The zero-order valence-corrected chi connectivity index (χ0v) is 45.3. The minimum atomic E-state index is -2.47. The van der Waals surface area contributed by atoms with Crippen LogP contribution in [0.2, 0.25) is 0 Å². The van der Waals surface area contributed by atoms with Gasteiger partial charge in [-0.15, -0.1) is 0 Å². The molecule has 1 aromatic heterocycles. The van der Waals surface area contributed by atoms with E-state index in [1.807, 2.05) is 4.90 Å². The molecule has 27 nitrogen and oxygen atoms in total. The van der Waals surface area contributed by atoms with E-state index in [1.54, 1.807) is 13.8 Å². The number of H-pyrrole nitrogens is 1. The summed E-state index contributed by atoms with van der Waals surface area (Å²) in [7, 11) is -2.47. The minimum absolute atomic E-state index is 0.0696. The maximum atomic E-state index is 15.2. The molecule has 2 fully saturated rings. The van der Waals surface area contributed by atoms with E-state index in [0.717, 1.165) is 4.90 Å². The second-order valence-electron chi connectivity index (χ2n) is 20.0. The highest BCUT2D eigenvalue weighted by Gasteiger charge is 2.45. The number of halogens is 1. The molecular weight excluding hydrogens is 1100 g/mol. The largest absolute Gasteiger partial charge is 0.506 e. The number of carbonyl (C=O) groups excluding carboxylic acids is 10. The van der Waals surface area contributed by atoms with Crippen molar-refractivity contribution in [1.82, 2.24) is 52.4 Å². The number of anilines is 1. The molecule has 77 heavy (non-hydrogen) atoms. The first-order valence-corrected chi connectivity index (χ1v) is 27.9. The molecule has 10 amide bonds. The normalized spacial score (nSPS) is 27.1. The highest BCUT2D eigenvalue weighted by molar-refractivity contribution is 9.09. The van der Waals surface area contributed by atoms with Crippen molar-refractivity contribution in [3.05, 3.63) is 17.7 Å². The summed E-state index contributed by atoms with van der Waals surface area (Å²) >= 11 is 3.14. The Balaban J connectivity index is 1.55.